The zero-order valence-corrected chi connectivity index (χ0v) is 16.1. The molecule has 2 amide bonds. The molecule has 1 saturated heterocycles. The SMILES string of the molecule is Cc1ccnc(NCCNC(=O)C[C@@H]2C(=O)NCCN2Cc2ccccc2)c1. The van der Waals surface area contributed by atoms with Gasteiger partial charge in [-0.05, 0) is 30.2 Å². The third-order valence-corrected chi connectivity index (χ3v) is 4.72. The van der Waals surface area contributed by atoms with Crippen molar-refractivity contribution in [1.29, 1.82) is 0 Å². The van der Waals surface area contributed by atoms with Crippen LogP contribution in [0, 0.1) is 6.92 Å². The molecule has 1 aromatic heterocycles. The van der Waals surface area contributed by atoms with Crippen LogP contribution in [-0.4, -0.2) is 53.9 Å². The van der Waals surface area contributed by atoms with E-state index >= 15 is 0 Å². The molecule has 0 radical (unpaired) electrons. The van der Waals surface area contributed by atoms with Crippen molar-refractivity contribution in [1.82, 2.24) is 20.5 Å². The lowest BCUT2D eigenvalue weighted by molar-refractivity contribution is -0.134. The van der Waals surface area contributed by atoms with Crippen LogP contribution in [-0.2, 0) is 16.1 Å². The van der Waals surface area contributed by atoms with Gasteiger partial charge in [-0.25, -0.2) is 4.98 Å². The fourth-order valence-electron chi connectivity index (χ4n) is 3.26. The first-order valence-electron chi connectivity index (χ1n) is 9.61. The van der Waals surface area contributed by atoms with Gasteiger partial charge >= 0.3 is 0 Å². The molecule has 1 aliphatic rings. The Morgan fingerprint density at radius 2 is 2.07 bits per heavy atom. The Labute approximate surface area is 165 Å². The summed E-state index contributed by atoms with van der Waals surface area (Å²) in [6.45, 7) is 5.06. The minimum absolute atomic E-state index is 0.0839. The number of nitrogens with zero attached hydrogens (tertiary/aromatic N) is 2. The number of benzene rings is 1. The lowest BCUT2D eigenvalue weighted by Crippen LogP contribution is -2.56. The van der Waals surface area contributed by atoms with Crippen molar-refractivity contribution in [2.24, 2.45) is 0 Å². The van der Waals surface area contributed by atoms with E-state index in [1.807, 2.05) is 49.4 Å². The Kier molecular flexibility index (Phi) is 6.97. The molecule has 148 valence electrons. The van der Waals surface area contributed by atoms with Gasteiger partial charge in [0, 0.05) is 38.9 Å². The zero-order valence-electron chi connectivity index (χ0n) is 16.1. The van der Waals surface area contributed by atoms with Crippen LogP contribution in [0.15, 0.2) is 48.7 Å². The maximum atomic E-state index is 12.4. The molecule has 0 spiro atoms. The predicted octanol–water partition coefficient (Wildman–Crippen LogP) is 1.31. The first-order chi connectivity index (χ1) is 13.6. The van der Waals surface area contributed by atoms with Crippen LogP contribution in [0.2, 0.25) is 0 Å². The molecule has 1 aliphatic heterocycles. The number of aryl methyl sites for hydroxylation is 1. The number of piperazine rings is 1. The summed E-state index contributed by atoms with van der Waals surface area (Å²) in [5.74, 6) is 0.577. The minimum Gasteiger partial charge on any atom is -0.368 e. The Hall–Kier alpha value is -2.93. The van der Waals surface area contributed by atoms with Gasteiger partial charge in [0.1, 0.15) is 5.82 Å². The monoisotopic (exact) mass is 381 g/mol. The number of hydrogen-bond acceptors (Lipinski definition) is 5. The fourth-order valence-corrected chi connectivity index (χ4v) is 3.26. The lowest BCUT2D eigenvalue weighted by atomic mass is 10.1. The largest absolute Gasteiger partial charge is 0.368 e. The third-order valence-electron chi connectivity index (χ3n) is 4.72. The van der Waals surface area contributed by atoms with E-state index in [9.17, 15) is 9.59 Å². The molecule has 0 bridgehead atoms. The van der Waals surface area contributed by atoms with Gasteiger partial charge in [-0.1, -0.05) is 30.3 Å². The van der Waals surface area contributed by atoms with Crippen LogP contribution in [0.5, 0.6) is 0 Å². The van der Waals surface area contributed by atoms with Crippen LogP contribution in [0.25, 0.3) is 0 Å². The molecule has 0 aliphatic carbocycles. The number of carbonyl (C=O) groups is 2. The highest BCUT2D eigenvalue weighted by atomic mass is 16.2. The zero-order chi connectivity index (χ0) is 19.8. The lowest BCUT2D eigenvalue weighted by Gasteiger charge is -2.34. The first kappa shape index (κ1) is 19.8. The number of pyridine rings is 1. The van der Waals surface area contributed by atoms with Gasteiger partial charge in [0.25, 0.3) is 0 Å². The Morgan fingerprint density at radius 1 is 1.25 bits per heavy atom. The number of amides is 2. The summed E-state index contributed by atoms with van der Waals surface area (Å²) in [7, 11) is 0. The van der Waals surface area contributed by atoms with E-state index in [0.717, 1.165) is 23.5 Å². The van der Waals surface area contributed by atoms with Gasteiger partial charge in [-0.2, -0.15) is 0 Å². The van der Waals surface area contributed by atoms with Gasteiger partial charge in [-0.3, -0.25) is 14.5 Å². The maximum absolute atomic E-state index is 12.4. The second kappa shape index (κ2) is 9.85. The molecular weight excluding hydrogens is 354 g/mol. The van der Waals surface area contributed by atoms with Crippen LogP contribution < -0.4 is 16.0 Å². The molecular formula is C21H27N5O2. The van der Waals surface area contributed by atoms with Crippen molar-refractivity contribution in [3.63, 3.8) is 0 Å². The third kappa shape index (κ3) is 5.79. The molecule has 0 saturated carbocycles. The highest BCUT2D eigenvalue weighted by Gasteiger charge is 2.31. The summed E-state index contributed by atoms with van der Waals surface area (Å²) >= 11 is 0. The predicted molar refractivity (Wildman–Crippen MR) is 109 cm³/mol. The van der Waals surface area contributed by atoms with Crippen molar-refractivity contribution >= 4 is 17.6 Å². The maximum Gasteiger partial charge on any atom is 0.237 e. The van der Waals surface area contributed by atoms with Crippen LogP contribution in [0.3, 0.4) is 0 Å². The quantitative estimate of drug-likeness (QED) is 0.600. The summed E-state index contributed by atoms with van der Waals surface area (Å²) in [6.07, 6.45) is 1.90. The Bertz CT molecular complexity index is 796. The molecule has 1 aromatic carbocycles. The minimum atomic E-state index is -0.444. The number of hydrogen-bond donors (Lipinski definition) is 3. The van der Waals surface area contributed by atoms with Gasteiger partial charge < -0.3 is 16.0 Å². The molecule has 1 fully saturated rings. The van der Waals surface area contributed by atoms with E-state index in [4.69, 9.17) is 0 Å². The van der Waals surface area contributed by atoms with E-state index in [1.54, 1.807) is 6.20 Å². The smallest absolute Gasteiger partial charge is 0.237 e. The van der Waals surface area contributed by atoms with E-state index in [1.165, 1.54) is 0 Å². The number of aromatic nitrogens is 1. The van der Waals surface area contributed by atoms with Gasteiger partial charge in [0.2, 0.25) is 11.8 Å². The van der Waals surface area contributed by atoms with Gasteiger partial charge in [0.05, 0.1) is 12.5 Å². The summed E-state index contributed by atoms with van der Waals surface area (Å²) in [6, 6.07) is 13.5. The van der Waals surface area contributed by atoms with Crippen molar-refractivity contribution in [3.8, 4) is 0 Å². The summed E-state index contributed by atoms with van der Waals surface area (Å²) < 4.78 is 0. The van der Waals surface area contributed by atoms with Gasteiger partial charge in [-0.15, -0.1) is 0 Å². The molecule has 2 aromatic rings. The van der Waals surface area contributed by atoms with E-state index in [2.05, 4.69) is 25.8 Å². The molecule has 2 heterocycles. The molecule has 1 atom stereocenters. The average Bonchev–Trinajstić information content (AvgIpc) is 2.69. The highest BCUT2D eigenvalue weighted by molar-refractivity contribution is 5.88. The molecule has 3 N–H and O–H groups in total. The van der Waals surface area contributed by atoms with Crippen molar-refractivity contribution in [2.75, 3.05) is 31.5 Å². The fraction of sp³-hybridized carbons (Fsp3) is 0.381. The number of nitrogens with one attached hydrogen (secondary N) is 3. The van der Waals surface area contributed by atoms with Crippen LogP contribution in [0.4, 0.5) is 5.82 Å². The van der Waals surface area contributed by atoms with Crippen molar-refractivity contribution < 1.29 is 9.59 Å². The van der Waals surface area contributed by atoms with E-state index < -0.39 is 6.04 Å². The van der Waals surface area contributed by atoms with Crippen molar-refractivity contribution in [2.45, 2.75) is 25.9 Å². The van der Waals surface area contributed by atoms with E-state index in [0.29, 0.717) is 26.2 Å². The Balaban J connectivity index is 1.47. The number of carbonyl (C=O) groups excluding carboxylic acids is 2. The second-order valence-corrected chi connectivity index (χ2v) is 6.96. The van der Waals surface area contributed by atoms with Gasteiger partial charge in [0.15, 0.2) is 0 Å². The summed E-state index contributed by atoms with van der Waals surface area (Å²) in [4.78, 5) is 31.0. The molecule has 28 heavy (non-hydrogen) atoms. The summed E-state index contributed by atoms with van der Waals surface area (Å²) in [5.41, 5.74) is 2.26. The molecule has 7 nitrogen and oxygen atoms in total. The number of anilines is 1. The van der Waals surface area contributed by atoms with Crippen LogP contribution >= 0.6 is 0 Å². The summed E-state index contributed by atoms with van der Waals surface area (Å²) in [5, 5.41) is 8.93. The van der Waals surface area contributed by atoms with E-state index in [-0.39, 0.29) is 18.2 Å². The Morgan fingerprint density at radius 3 is 2.86 bits per heavy atom. The second-order valence-electron chi connectivity index (χ2n) is 6.96. The average molecular weight is 381 g/mol. The normalized spacial score (nSPS) is 17.0. The van der Waals surface area contributed by atoms with Crippen molar-refractivity contribution in [3.05, 3.63) is 59.8 Å². The first-order valence-corrected chi connectivity index (χ1v) is 9.61. The topological polar surface area (TPSA) is 86.4 Å². The highest BCUT2D eigenvalue weighted by Crippen LogP contribution is 2.13. The molecule has 3 rings (SSSR count). The number of rotatable bonds is 8. The molecule has 0 unspecified atom stereocenters. The standard InChI is InChI=1S/C21H27N5O2/c1-16-7-8-22-19(13-16)23-9-10-24-20(27)14-18-21(28)25-11-12-26(18)15-17-5-3-2-4-6-17/h2-8,13,18H,9-12,14-15H2,1H3,(H,22,23)(H,24,27)(H,25,28)/t18-/m1/s1. The van der Waals surface area contributed by atoms with Crippen LogP contribution in [0.1, 0.15) is 17.5 Å². The molecule has 7 heteroatoms.